The highest BCUT2D eigenvalue weighted by Gasteiger charge is 2.26. The molecule has 0 radical (unpaired) electrons. The molecule has 0 bridgehead atoms. The van der Waals surface area contributed by atoms with Gasteiger partial charge in [-0.3, -0.25) is 0 Å². The molecule has 4 unspecified atom stereocenters. The van der Waals surface area contributed by atoms with Crippen LogP contribution in [0.3, 0.4) is 0 Å². The molecule has 2 rings (SSSR count). The first kappa shape index (κ1) is 13.4. The van der Waals surface area contributed by atoms with Crippen LogP contribution in [0.1, 0.15) is 84.5 Å². The molecule has 0 aromatic rings. The van der Waals surface area contributed by atoms with Gasteiger partial charge in [0.1, 0.15) is 0 Å². The Hall–Kier alpha value is 0. The third-order valence-corrected chi connectivity index (χ3v) is 5.60. The van der Waals surface area contributed by atoms with Crippen molar-refractivity contribution in [3.8, 4) is 0 Å². The topological polar surface area (TPSA) is 0 Å². The molecule has 2 fully saturated rings. The highest BCUT2D eigenvalue weighted by molar-refractivity contribution is 4.78. The molecule has 0 heterocycles. The van der Waals surface area contributed by atoms with E-state index in [-0.39, 0.29) is 0 Å². The van der Waals surface area contributed by atoms with Crippen molar-refractivity contribution in [2.24, 2.45) is 23.7 Å². The van der Waals surface area contributed by atoms with Crippen molar-refractivity contribution >= 4 is 0 Å². The molecule has 0 spiro atoms. The third-order valence-electron chi connectivity index (χ3n) is 5.60. The zero-order valence-corrected chi connectivity index (χ0v) is 12.1. The van der Waals surface area contributed by atoms with E-state index in [9.17, 15) is 0 Å². The van der Waals surface area contributed by atoms with Gasteiger partial charge in [0.05, 0.1) is 0 Å². The summed E-state index contributed by atoms with van der Waals surface area (Å²) in [5.74, 6) is 4.32. The van der Waals surface area contributed by atoms with Gasteiger partial charge in [-0.2, -0.15) is 0 Å². The Morgan fingerprint density at radius 3 is 1.47 bits per heavy atom. The second-order valence-corrected chi connectivity index (χ2v) is 6.85. The minimum Gasteiger partial charge on any atom is -0.0651 e. The lowest BCUT2D eigenvalue weighted by Crippen LogP contribution is -2.21. The van der Waals surface area contributed by atoms with Crippen LogP contribution >= 0.6 is 0 Å². The average Bonchev–Trinajstić information content (AvgIpc) is 2.39. The van der Waals surface area contributed by atoms with Gasteiger partial charge >= 0.3 is 0 Å². The smallest absolute Gasteiger partial charge is 0.0409 e. The third kappa shape index (κ3) is 4.00. The predicted octanol–water partition coefficient (Wildman–Crippen LogP) is 5.81. The molecule has 2 saturated carbocycles. The van der Waals surface area contributed by atoms with Crippen LogP contribution in [0.25, 0.3) is 0 Å². The average molecular weight is 236 g/mol. The molecular formula is C17H32. The molecule has 0 nitrogen and oxygen atoms in total. The van der Waals surface area contributed by atoms with E-state index in [2.05, 4.69) is 13.8 Å². The maximum Gasteiger partial charge on any atom is -0.0409 e. The van der Waals surface area contributed by atoms with E-state index in [1.165, 1.54) is 38.5 Å². The van der Waals surface area contributed by atoms with E-state index < -0.39 is 0 Å². The molecular weight excluding hydrogens is 204 g/mol. The Morgan fingerprint density at radius 1 is 0.647 bits per heavy atom. The van der Waals surface area contributed by atoms with Crippen molar-refractivity contribution < 1.29 is 0 Å². The maximum absolute atomic E-state index is 2.39. The second kappa shape index (κ2) is 6.81. The zero-order valence-electron chi connectivity index (χ0n) is 12.1. The first-order chi connectivity index (χ1) is 8.31. The number of hydrogen-bond acceptors (Lipinski definition) is 0. The Balaban J connectivity index is 1.75. The van der Waals surface area contributed by atoms with Gasteiger partial charge < -0.3 is 0 Å². The summed E-state index contributed by atoms with van der Waals surface area (Å²) in [6, 6.07) is 0. The molecule has 0 saturated heterocycles. The summed E-state index contributed by atoms with van der Waals surface area (Å²) in [6.07, 6.45) is 16.7. The van der Waals surface area contributed by atoms with E-state index in [4.69, 9.17) is 0 Å². The van der Waals surface area contributed by atoms with Gasteiger partial charge in [0, 0.05) is 0 Å². The molecule has 0 aromatic carbocycles. The van der Waals surface area contributed by atoms with Crippen molar-refractivity contribution in [3.63, 3.8) is 0 Å². The predicted molar refractivity (Wildman–Crippen MR) is 76.1 cm³/mol. The molecule has 0 aliphatic heterocycles. The normalized spacial score (nSPS) is 39.2. The monoisotopic (exact) mass is 236 g/mol. The largest absolute Gasteiger partial charge is 0.0651 e. The Morgan fingerprint density at radius 2 is 1.06 bits per heavy atom. The SMILES string of the molecule is CCC1CCCC(CC2CCCC(CC)C2)C1. The molecule has 0 aromatic heterocycles. The van der Waals surface area contributed by atoms with Crippen molar-refractivity contribution in [2.75, 3.05) is 0 Å². The van der Waals surface area contributed by atoms with Crippen molar-refractivity contribution in [2.45, 2.75) is 84.5 Å². The lowest BCUT2D eigenvalue weighted by molar-refractivity contribution is 0.177. The van der Waals surface area contributed by atoms with Crippen LogP contribution < -0.4 is 0 Å². The molecule has 0 amide bonds. The lowest BCUT2D eigenvalue weighted by Gasteiger charge is -2.34. The van der Waals surface area contributed by atoms with E-state index in [1.807, 2.05) is 0 Å². The number of rotatable bonds is 4. The van der Waals surface area contributed by atoms with Crippen LogP contribution in [0, 0.1) is 23.7 Å². The van der Waals surface area contributed by atoms with Gasteiger partial charge in [0.15, 0.2) is 0 Å². The molecule has 100 valence electrons. The molecule has 0 N–H and O–H groups in total. The van der Waals surface area contributed by atoms with Gasteiger partial charge in [0.2, 0.25) is 0 Å². The molecule has 17 heavy (non-hydrogen) atoms. The van der Waals surface area contributed by atoms with Crippen molar-refractivity contribution in [1.29, 1.82) is 0 Å². The van der Waals surface area contributed by atoms with Crippen LogP contribution in [-0.4, -0.2) is 0 Å². The summed E-state index contributed by atoms with van der Waals surface area (Å²) in [4.78, 5) is 0. The summed E-state index contributed by atoms with van der Waals surface area (Å²) in [6.45, 7) is 4.78. The highest BCUT2D eigenvalue weighted by atomic mass is 14.3. The Bertz CT molecular complexity index is 186. The zero-order chi connectivity index (χ0) is 12.1. The summed E-state index contributed by atoms with van der Waals surface area (Å²) in [7, 11) is 0. The fourth-order valence-corrected chi connectivity index (χ4v) is 4.45. The number of hydrogen-bond donors (Lipinski definition) is 0. The Labute approximate surface area is 109 Å². The van der Waals surface area contributed by atoms with E-state index in [0.717, 1.165) is 23.7 Å². The fraction of sp³-hybridized carbons (Fsp3) is 1.00. The minimum atomic E-state index is 1.07. The molecule has 2 aliphatic carbocycles. The van der Waals surface area contributed by atoms with E-state index in [0.29, 0.717) is 0 Å². The second-order valence-electron chi connectivity index (χ2n) is 6.85. The minimum absolute atomic E-state index is 1.07. The van der Waals surface area contributed by atoms with Gasteiger partial charge in [-0.15, -0.1) is 0 Å². The maximum atomic E-state index is 2.39. The Kier molecular flexibility index (Phi) is 5.38. The highest BCUT2D eigenvalue weighted by Crippen LogP contribution is 2.40. The summed E-state index contributed by atoms with van der Waals surface area (Å²) < 4.78 is 0. The summed E-state index contributed by atoms with van der Waals surface area (Å²) in [5, 5.41) is 0. The van der Waals surface area contributed by atoms with Crippen LogP contribution in [0.4, 0.5) is 0 Å². The fourth-order valence-electron chi connectivity index (χ4n) is 4.45. The molecule has 4 atom stereocenters. The standard InChI is InChI=1S/C17H32/c1-3-14-7-5-9-16(11-14)13-17-10-6-8-15(4-2)12-17/h14-17H,3-13H2,1-2H3. The molecule has 0 heteroatoms. The molecule has 2 aliphatic rings. The lowest BCUT2D eigenvalue weighted by atomic mass is 9.71. The van der Waals surface area contributed by atoms with Crippen LogP contribution in [0.2, 0.25) is 0 Å². The van der Waals surface area contributed by atoms with Gasteiger partial charge in [-0.05, 0) is 42.9 Å². The first-order valence-electron chi connectivity index (χ1n) is 8.31. The van der Waals surface area contributed by atoms with Gasteiger partial charge in [0.25, 0.3) is 0 Å². The quantitative estimate of drug-likeness (QED) is 0.578. The van der Waals surface area contributed by atoms with Crippen molar-refractivity contribution in [3.05, 3.63) is 0 Å². The summed E-state index contributed by atoms with van der Waals surface area (Å²) in [5.41, 5.74) is 0. The van der Waals surface area contributed by atoms with Crippen molar-refractivity contribution in [1.82, 2.24) is 0 Å². The summed E-state index contributed by atoms with van der Waals surface area (Å²) >= 11 is 0. The van der Waals surface area contributed by atoms with E-state index in [1.54, 1.807) is 32.1 Å². The first-order valence-corrected chi connectivity index (χ1v) is 8.31. The van der Waals surface area contributed by atoms with Crippen LogP contribution in [0.15, 0.2) is 0 Å². The van der Waals surface area contributed by atoms with Gasteiger partial charge in [-0.25, -0.2) is 0 Å². The van der Waals surface area contributed by atoms with E-state index >= 15 is 0 Å². The van der Waals surface area contributed by atoms with Gasteiger partial charge in [-0.1, -0.05) is 65.2 Å². The van der Waals surface area contributed by atoms with Crippen LogP contribution in [0.5, 0.6) is 0 Å². The van der Waals surface area contributed by atoms with Crippen LogP contribution in [-0.2, 0) is 0 Å².